The summed E-state index contributed by atoms with van der Waals surface area (Å²) in [4.78, 5) is 19.5. The van der Waals surface area contributed by atoms with E-state index in [0.717, 1.165) is 47.1 Å². The topological polar surface area (TPSA) is 84.7 Å². The van der Waals surface area contributed by atoms with Crippen molar-refractivity contribution in [3.63, 3.8) is 0 Å². The minimum absolute atomic E-state index is 0.248. The van der Waals surface area contributed by atoms with Crippen LogP contribution in [-0.2, 0) is 9.47 Å². The molecule has 2 aliphatic heterocycles. The Morgan fingerprint density at radius 2 is 1.93 bits per heavy atom. The number of nitrogens with zero attached hydrogens (tertiary/aromatic N) is 3. The number of ether oxygens (including phenoxy) is 2. The lowest BCUT2D eigenvalue weighted by Gasteiger charge is -2.33. The molecular formula is C21H30N4O4. The van der Waals surface area contributed by atoms with Crippen molar-refractivity contribution in [3.8, 4) is 0 Å². The van der Waals surface area contributed by atoms with Gasteiger partial charge >= 0.3 is 6.09 Å². The number of H-pyrrole nitrogens is 1. The van der Waals surface area contributed by atoms with Gasteiger partial charge in [-0.3, -0.25) is 4.90 Å². The Bertz CT molecular complexity index is 875. The van der Waals surface area contributed by atoms with Gasteiger partial charge in [0.05, 0.1) is 24.8 Å². The van der Waals surface area contributed by atoms with Crippen LogP contribution in [0.4, 0.5) is 10.6 Å². The molecule has 2 aliphatic rings. The first-order chi connectivity index (χ1) is 13.8. The predicted molar refractivity (Wildman–Crippen MR) is 110 cm³/mol. The summed E-state index contributed by atoms with van der Waals surface area (Å²) in [5, 5.41) is 13.7. The molecule has 0 aliphatic carbocycles. The molecule has 0 aromatic carbocycles. The first kappa shape index (κ1) is 19.8. The molecule has 0 saturated carbocycles. The van der Waals surface area contributed by atoms with Crippen LogP contribution in [0.3, 0.4) is 0 Å². The molecule has 0 unspecified atom stereocenters. The molecule has 4 heterocycles. The van der Waals surface area contributed by atoms with Crippen LogP contribution in [-0.4, -0.2) is 61.0 Å². The molecule has 29 heavy (non-hydrogen) atoms. The number of aromatic amines is 1. The SMILES string of the molecule is CC(C)(C)OC(=O)N1CCC(c2c[nH]c3cc(N4CCOCC4)[n+]([O-])cc23)CC1. The van der Waals surface area contributed by atoms with Gasteiger partial charge in [-0.25, -0.2) is 9.52 Å². The smallest absolute Gasteiger partial charge is 0.410 e. The van der Waals surface area contributed by atoms with Crippen molar-refractivity contribution < 1.29 is 19.0 Å². The zero-order chi connectivity index (χ0) is 20.6. The van der Waals surface area contributed by atoms with Gasteiger partial charge in [-0.1, -0.05) is 0 Å². The molecule has 8 heteroatoms. The molecule has 158 valence electrons. The maximum Gasteiger partial charge on any atom is 0.410 e. The number of nitrogens with one attached hydrogen (secondary N) is 1. The van der Waals surface area contributed by atoms with Crippen LogP contribution in [0.25, 0.3) is 10.9 Å². The van der Waals surface area contributed by atoms with Crippen LogP contribution in [0.15, 0.2) is 18.5 Å². The highest BCUT2D eigenvalue weighted by atomic mass is 16.6. The number of anilines is 1. The number of carbonyl (C=O) groups is 1. The largest absolute Gasteiger partial charge is 0.711 e. The summed E-state index contributed by atoms with van der Waals surface area (Å²) in [5.74, 6) is 0.977. The number of amides is 1. The minimum atomic E-state index is -0.481. The molecule has 1 amide bonds. The highest BCUT2D eigenvalue weighted by molar-refractivity contribution is 5.84. The number of piperidine rings is 1. The summed E-state index contributed by atoms with van der Waals surface area (Å²) in [7, 11) is 0. The van der Waals surface area contributed by atoms with E-state index in [1.165, 1.54) is 0 Å². The van der Waals surface area contributed by atoms with Gasteiger partial charge in [-0.15, -0.1) is 0 Å². The van der Waals surface area contributed by atoms with Gasteiger partial charge in [0.2, 0.25) is 0 Å². The quantitative estimate of drug-likeness (QED) is 0.617. The molecule has 2 fully saturated rings. The zero-order valence-electron chi connectivity index (χ0n) is 17.4. The van der Waals surface area contributed by atoms with Crippen molar-refractivity contribution in [1.29, 1.82) is 0 Å². The average Bonchev–Trinajstić information content (AvgIpc) is 3.09. The third-order valence-corrected chi connectivity index (χ3v) is 5.65. The number of pyridine rings is 1. The average molecular weight is 402 g/mol. The normalized spacial score (nSPS) is 19.0. The lowest BCUT2D eigenvalue weighted by molar-refractivity contribution is -0.590. The summed E-state index contributed by atoms with van der Waals surface area (Å²) < 4.78 is 11.8. The van der Waals surface area contributed by atoms with E-state index in [9.17, 15) is 10.0 Å². The molecule has 2 aromatic rings. The number of hydrogen-bond donors (Lipinski definition) is 1. The summed E-state index contributed by atoms with van der Waals surface area (Å²) in [6.45, 7) is 9.71. The monoisotopic (exact) mass is 402 g/mol. The van der Waals surface area contributed by atoms with Crippen molar-refractivity contribution in [2.75, 3.05) is 44.3 Å². The van der Waals surface area contributed by atoms with Crippen LogP contribution < -0.4 is 9.63 Å². The van der Waals surface area contributed by atoms with Crippen LogP contribution >= 0.6 is 0 Å². The Morgan fingerprint density at radius 1 is 1.24 bits per heavy atom. The van der Waals surface area contributed by atoms with Crippen LogP contribution in [0, 0.1) is 5.21 Å². The maximum atomic E-state index is 12.7. The molecular weight excluding hydrogens is 372 g/mol. The van der Waals surface area contributed by atoms with Crippen LogP contribution in [0.1, 0.15) is 45.1 Å². The Balaban J connectivity index is 1.48. The lowest BCUT2D eigenvalue weighted by Crippen LogP contribution is -2.44. The second-order valence-corrected chi connectivity index (χ2v) is 8.87. The highest BCUT2D eigenvalue weighted by Crippen LogP contribution is 2.34. The first-order valence-electron chi connectivity index (χ1n) is 10.4. The van der Waals surface area contributed by atoms with Gasteiger partial charge in [0.15, 0.2) is 0 Å². The molecule has 1 N–H and O–H groups in total. The van der Waals surface area contributed by atoms with Gasteiger partial charge in [0.1, 0.15) is 24.9 Å². The van der Waals surface area contributed by atoms with Gasteiger partial charge < -0.3 is 24.6 Å². The minimum Gasteiger partial charge on any atom is -0.711 e. The van der Waals surface area contributed by atoms with Crippen molar-refractivity contribution >= 4 is 22.8 Å². The first-order valence-corrected chi connectivity index (χ1v) is 10.4. The second kappa shape index (κ2) is 7.74. The summed E-state index contributed by atoms with van der Waals surface area (Å²) in [6, 6.07) is 1.94. The Morgan fingerprint density at radius 3 is 2.59 bits per heavy atom. The van der Waals surface area contributed by atoms with Gasteiger partial charge in [-0.2, -0.15) is 0 Å². The van der Waals surface area contributed by atoms with Crippen molar-refractivity contribution in [2.24, 2.45) is 0 Å². The molecule has 0 spiro atoms. The van der Waals surface area contributed by atoms with E-state index in [-0.39, 0.29) is 6.09 Å². The zero-order valence-corrected chi connectivity index (χ0v) is 17.4. The Kier molecular flexibility index (Phi) is 5.29. The number of carbonyl (C=O) groups excluding carboxylic acids is 1. The Labute approximate surface area is 171 Å². The number of fused-ring (bicyclic) bond motifs is 1. The molecule has 2 aromatic heterocycles. The summed E-state index contributed by atoms with van der Waals surface area (Å²) >= 11 is 0. The van der Waals surface area contributed by atoms with Gasteiger partial charge in [-0.05, 0) is 45.1 Å². The van der Waals surface area contributed by atoms with E-state index in [1.54, 1.807) is 11.1 Å². The number of rotatable bonds is 2. The van der Waals surface area contributed by atoms with E-state index in [4.69, 9.17) is 9.47 Å². The number of morpholine rings is 1. The van der Waals surface area contributed by atoms with Crippen molar-refractivity contribution in [1.82, 2.24) is 9.88 Å². The molecule has 8 nitrogen and oxygen atoms in total. The maximum absolute atomic E-state index is 12.7. The van der Waals surface area contributed by atoms with E-state index >= 15 is 0 Å². The van der Waals surface area contributed by atoms with Gasteiger partial charge in [0, 0.05) is 24.7 Å². The Hall–Kier alpha value is -2.48. The standard InChI is InChI=1S/C21H30N4O4/c1-21(2,3)29-20(26)24-6-4-15(5-7-24)16-13-22-18-12-19(25(27)14-17(16)18)23-8-10-28-11-9-23/h12-15,22H,4-11H2,1-3H3. The fraction of sp³-hybridized carbons (Fsp3) is 0.619. The fourth-order valence-electron chi connectivity index (χ4n) is 4.17. The second-order valence-electron chi connectivity index (χ2n) is 8.87. The predicted octanol–water partition coefficient (Wildman–Crippen LogP) is 2.75. The third-order valence-electron chi connectivity index (χ3n) is 5.65. The van der Waals surface area contributed by atoms with Crippen molar-refractivity contribution in [3.05, 3.63) is 29.2 Å². The molecule has 2 saturated heterocycles. The molecule has 0 atom stereocenters. The molecule has 0 bridgehead atoms. The van der Waals surface area contributed by atoms with E-state index < -0.39 is 5.60 Å². The third kappa shape index (κ3) is 4.27. The van der Waals surface area contributed by atoms with E-state index in [2.05, 4.69) is 9.88 Å². The number of likely N-dealkylation sites (tertiary alicyclic amines) is 1. The summed E-state index contributed by atoms with van der Waals surface area (Å²) in [5.41, 5.74) is 1.65. The van der Waals surface area contributed by atoms with Gasteiger partial charge in [0.25, 0.3) is 5.82 Å². The molecule has 0 radical (unpaired) electrons. The van der Waals surface area contributed by atoms with E-state index in [0.29, 0.717) is 38.0 Å². The fourth-order valence-corrected chi connectivity index (χ4v) is 4.17. The summed E-state index contributed by atoms with van der Waals surface area (Å²) in [6.07, 6.45) is 5.17. The number of hydrogen-bond acceptors (Lipinski definition) is 5. The van der Waals surface area contributed by atoms with Crippen LogP contribution in [0.2, 0.25) is 0 Å². The van der Waals surface area contributed by atoms with E-state index in [1.807, 2.05) is 33.0 Å². The van der Waals surface area contributed by atoms with Crippen LogP contribution in [0.5, 0.6) is 0 Å². The highest BCUT2D eigenvalue weighted by Gasteiger charge is 2.29. The number of aromatic nitrogens is 2. The van der Waals surface area contributed by atoms with Crippen molar-refractivity contribution in [2.45, 2.75) is 45.1 Å². The molecule has 4 rings (SSSR count). The lowest BCUT2D eigenvalue weighted by atomic mass is 9.89.